The van der Waals surface area contributed by atoms with Gasteiger partial charge in [-0.1, -0.05) is 11.6 Å². The second-order valence-corrected chi connectivity index (χ2v) is 6.10. The van der Waals surface area contributed by atoms with Crippen LogP contribution in [-0.4, -0.2) is 28.9 Å². The predicted molar refractivity (Wildman–Crippen MR) is 72.0 cm³/mol. The van der Waals surface area contributed by atoms with E-state index in [9.17, 15) is 14.0 Å². The lowest BCUT2D eigenvalue weighted by molar-refractivity contribution is -0.155. The number of amides is 1. The zero-order valence-electron chi connectivity index (χ0n) is 11.5. The van der Waals surface area contributed by atoms with Crippen LogP contribution >= 0.6 is 11.6 Å². The molecule has 0 saturated carbocycles. The fraction of sp³-hybridized carbons (Fsp3) is 0.429. The van der Waals surface area contributed by atoms with Crippen molar-refractivity contribution in [1.29, 1.82) is 0 Å². The lowest BCUT2D eigenvalue weighted by Gasteiger charge is -2.22. The van der Waals surface area contributed by atoms with Gasteiger partial charge in [0.05, 0.1) is 6.54 Å². The highest BCUT2D eigenvalue weighted by Crippen LogP contribution is 2.28. The van der Waals surface area contributed by atoms with Gasteiger partial charge in [0.15, 0.2) is 0 Å². The highest BCUT2D eigenvalue weighted by molar-refractivity contribution is 6.31. The molecular formula is C14H15ClFNO3. The highest BCUT2D eigenvalue weighted by atomic mass is 35.5. The molecule has 0 bridgehead atoms. The van der Waals surface area contributed by atoms with Crippen LogP contribution in [0.5, 0.6) is 0 Å². The van der Waals surface area contributed by atoms with Crippen molar-refractivity contribution in [1.82, 2.24) is 4.90 Å². The average Bonchev–Trinajstić information content (AvgIpc) is 2.55. The van der Waals surface area contributed by atoms with E-state index < -0.39 is 23.3 Å². The number of carbonyl (C=O) groups is 2. The molecule has 0 N–H and O–H groups in total. The van der Waals surface area contributed by atoms with Crippen LogP contribution in [0.2, 0.25) is 5.02 Å². The first kappa shape index (κ1) is 14.8. The van der Waals surface area contributed by atoms with Crippen molar-refractivity contribution >= 4 is 23.5 Å². The molecule has 1 amide bonds. The summed E-state index contributed by atoms with van der Waals surface area (Å²) in [5.74, 6) is -1.47. The molecule has 1 aromatic rings. The van der Waals surface area contributed by atoms with Crippen LogP contribution in [0.3, 0.4) is 0 Å². The molecule has 0 saturated heterocycles. The van der Waals surface area contributed by atoms with Gasteiger partial charge in [-0.15, -0.1) is 0 Å². The van der Waals surface area contributed by atoms with Crippen molar-refractivity contribution in [3.63, 3.8) is 0 Å². The topological polar surface area (TPSA) is 46.6 Å². The minimum Gasteiger partial charge on any atom is -0.459 e. The molecule has 1 aliphatic heterocycles. The van der Waals surface area contributed by atoms with E-state index in [1.807, 2.05) is 0 Å². The first-order valence-corrected chi connectivity index (χ1v) is 6.54. The largest absolute Gasteiger partial charge is 0.459 e. The van der Waals surface area contributed by atoms with Gasteiger partial charge in [0, 0.05) is 16.1 Å². The van der Waals surface area contributed by atoms with Crippen LogP contribution < -0.4 is 0 Å². The second-order valence-electron chi connectivity index (χ2n) is 5.66. The van der Waals surface area contributed by atoms with Crippen LogP contribution in [0.25, 0.3) is 0 Å². The standard InChI is InChI=1S/C14H15ClFNO3/c1-14(2,3)20-12(18)7-17-6-10-9(13(17)19)4-8(15)5-11(10)16/h4-5H,6-7H2,1-3H3. The Kier molecular flexibility index (Phi) is 3.73. The molecule has 0 atom stereocenters. The number of esters is 1. The zero-order valence-corrected chi connectivity index (χ0v) is 12.3. The number of hydrogen-bond donors (Lipinski definition) is 0. The Balaban J connectivity index is 2.14. The normalized spacial score (nSPS) is 14.4. The van der Waals surface area contributed by atoms with Gasteiger partial charge in [-0.25, -0.2) is 4.39 Å². The minimum absolute atomic E-state index is 0.0520. The number of fused-ring (bicyclic) bond motifs is 1. The Labute approximate surface area is 121 Å². The van der Waals surface area contributed by atoms with E-state index >= 15 is 0 Å². The molecule has 0 aliphatic carbocycles. The molecule has 0 radical (unpaired) electrons. The third-order valence-electron chi connectivity index (χ3n) is 2.77. The Hall–Kier alpha value is -1.62. The number of ether oxygens (including phenoxy) is 1. The molecule has 6 heteroatoms. The lowest BCUT2D eigenvalue weighted by Crippen LogP contribution is -2.35. The Morgan fingerprint density at radius 3 is 2.70 bits per heavy atom. The Bertz CT molecular complexity index is 581. The average molecular weight is 300 g/mol. The summed E-state index contributed by atoms with van der Waals surface area (Å²) in [6, 6.07) is 2.57. The predicted octanol–water partition coefficient (Wildman–Crippen LogP) is 2.78. The lowest BCUT2D eigenvalue weighted by atomic mass is 10.1. The SMILES string of the molecule is CC(C)(C)OC(=O)CN1Cc2c(F)cc(Cl)cc2C1=O. The van der Waals surface area contributed by atoms with E-state index in [1.54, 1.807) is 20.8 Å². The molecule has 2 rings (SSSR count). The number of nitrogens with zero attached hydrogens (tertiary/aromatic N) is 1. The van der Waals surface area contributed by atoms with E-state index in [1.165, 1.54) is 11.0 Å². The summed E-state index contributed by atoms with van der Waals surface area (Å²) >= 11 is 5.73. The fourth-order valence-corrected chi connectivity index (χ4v) is 2.25. The van der Waals surface area contributed by atoms with Crippen LogP contribution in [-0.2, 0) is 16.1 Å². The molecule has 0 aromatic heterocycles. The first-order chi connectivity index (χ1) is 9.17. The quantitative estimate of drug-likeness (QED) is 0.789. The van der Waals surface area contributed by atoms with Gasteiger partial charge in [0.2, 0.25) is 0 Å². The zero-order chi connectivity index (χ0) is 15.1. The van der Waals surface area contributed by atoms with Crippen molar-refractivity contribution in [3.8, 4) is 0 Å². The third-order valence-corrected chi connectivity index (χ3v) is 2.99. The van der Waals surface area contributed by atoms with Crippen LogP contribution in [0.4, 0.5) is 4.39 Å². The van der Waals surface area contributed by atoms with Crippen molar-refractivity contribution in [2.24, 2.45) is 0 Å². The van der Waals surface area contributed by atoms with Crippen molar-refractivity contribution in [2.45, 2.75) is 32.9 Å². The minimum atomic E-state index is -0.624. The van der Waals surface area contributed by atoms with Gasteiger partial charge in [-0.05, 0) is 32.9 Å². The van der Waals surface area contributed by atoms with E-state index in [-0.39, 0.29) is 29.2 Å². The first-order valence-electron chi connectivity index (χ1n) is 6.16. The number of carbonyl (C=O) groups excluding carboxylic acids is 2. The molecule has 1 aromatic carbocycles. The maximum absolute atomic E-state index is 13.7. The maximum Gasteiger partial charge on any atom is 0.326 e. The summed E-state index contributed by atoms with van der Waals surface area (Å²) in [4.78, 5) is 25.1. The van der Waals surface area contributed by atoms with Gasteiger partial charge in [-0.2, -0.15) is 0 Å². The number of halogens is 2. The van der Waals surface area contributed by atoms with Gasteiger partial charge in [0.1, 0.15) is 18.0 Å². The Morgan fingerprint density at radius 2 is 2.10 bits per heavy atom. The van der Waals surface area contributed by atoms with E-state index in [0.717, 1.165) is 6.07 Å². The van der Waals surface area contributed by atoms with E-state index in [0.29, 0.717) is 0 Å². The number of rotatable bonds is 2. The maximum atomic E-state index is 13.7. The monoisotopic (exact) mass is 299 g/mol. The van der Waals surface area contributed by atoms with Gasteiger partial charge in [-0.3, -0.25) is 9.59 Å². The van der Waals surface area contributed by atoms with E-state index in [2.05, 4.69) is 0 Å². The summed E-state index contributed by atoms with van der Waals surface area (Å²) in [5.41, 5.74) is -0.150. The third kappa shape index (κ3) is 3.10. The summed E-state index contributed by atoms with van der Waals surface area (Å²) < 4.78 is 18.9. The Morgan fingerprint density at radius 1 is 1.45 bits per heavy atom. The molecule has 108 valence electrons. The summed E-state index contributed by atoms with van der Waals surface area (Å²) in [5, 5.41) is 0.161. The molecule has 1 aliphatic rings. The van der Waals surface area contributed by atoms with Gasteiger partial charge in [0.25, 0.3) is 5.91 Å². The van der Waals surface area contributed by atoms with Crippen molar-refractivity contribution in [3.05, 3.63) is 34.1 Å². The summed E-state index contributed by atoms with van der Waals surface area (Å²) in [7, 11) is 0. The van der Waals surface area contributed by atoms with Crippen molar-refractivity contribution in [2.75, 3.05) is 6.54 Å². The number of benzene rings is 1. The molecule has 1 heterocycles. The van der Waals surface area contributed by atoms with Crippen LogP contribution in [0, 0.1) is 5.82 Å². The molecule has 0 fully saturated rings. The summed E-state index contributed by atoms with van der Waals surface area (Å²) in [6.07, 6.45) is 0. The van der Waals surface area contributed by atoms with Gasteiger partial charge < -0.3 is 9.64 Å². The highest BCUT2D eigenvalue weighted by Gasteiger charge is 2.32. The summed E-state index contributed by atoms with van der Waals surface area (Å²) in [6.45, 7) is 5.07. The molecule has 20 heavy (non-hydrogen) atoms. The van der Waals surface area contributed by atoms with Crippen LogP contribution in [0.15, 0.2) is 12.1 Å². The van der Waals surface area contributed by atoms with Crippen LogP contribution in [0.1, 0.15) is 36.7 Å². The second kappa shape index (κ2) is 5.05. The van der Waals surface area contributed by atoms with Gasteiger partial charge >= 0.3 is 5.97 Å². The molecule has 0 spiro atoms. The fourth-order valence-electron chi connectivity index (χ4n) is 2.05. The van der Waals surface area contributed by atoms with E-state index in [4.69, 9.17) is 16.3 Å². The smallest absolute Gasteiger partial charge is 0.326 e. The molecule has 4 nitrogen and oxygen atoms in total. The van der Waals surface area contributed by atoms with Crippen molar-refractivity contribution < 1.29 is 18.7 Å². The molecule has 0 unspecified atom stereocenters. The number of hydrogen-bond acceptors (Lipinski definition) is 3. The molecular weight excluding hydrogens is 285 g/mol.